The van der Waals surface area contributed by atoms with Gasteiger partial charge in [0.1, 0.15) is 5.75 Å². The molecule has 0 aromatic carbocycles. The van der Waals surface area contributed by atoms with Crippen molar-refractivity contribution >= 4 is 5.78 Å². The van der Waals surface area contributed by atoms with Crippen LogP contribution in [-0.2, 0) is 0 Å². The van der Waals surface area contributed by atoms with Crippen molar-refractivity contribution in [2.24, 2.45) is 11.7 Å². The van der Waals surface area contributed by atoms with Gasteiger partial charge in [-0.25, -0.2) is 0 Å². The Hall–Kier alpha value is -1.42. The molecule has 0 radical (unpaired) electrons. The van der Waals surface area contributed by atoms with Crippen LogP contribution in [0.3, 0.4) is 0 Å². The maximum atomic E-state index is 12.3. The fraction of sp³-hybridized carbons (Fsp3) is 0.538. The summed E-state index contributed by atoms with van der Waals surface area (Å²) in [4.78, 5) is 16.3. The largest absolute Gasteiger partial charge is 0.495 e. The lowest BCUT2D eigenvalue weighted by Gasteiger charge is -2.25. The van der Waals surface area contributed by atoms with Crippen molar-refractivity contribution in [1.82, 2.24) is 4.98 Å². The van der Waals surface area contributed by atoms with Crippen molar-refractivity contribution in [2.45, 2.75) is 31.7 Å². The second-order valence-electron chi connectivity index (χ2n) is 4.60. The van der Waals surface area contributed by atoms with E-state index in [2.05, 4.69) is 4.98 Å². The molecule has 0 aliphatic heterocycles. The van der Waals surface area contributed by atoms with Gasteiger partial charge in [-0.3, -0.25) is 9.78 Å². The standard InChI is InChI=1S/C13H18N2O2/c1-17-12-6-10(7-15-8-12)13(16)9-3-2-4-11(14)5-9/h6-9,11H,2-5,14H2,1H3. The van der Waals surface area contributed by atoms with Gasteiger partial charge in [-0.05, 0) is 25.3 Å². The molecule has 17 heavy (non-hydrogen) atoms. The fourth-order valence-corrected chi connectivity index (χ4v) is 2.37. The zero-order valence-electron chi connectivity index (χ0n) is 10.1. The average molecular weight is 234 g/mol. The predicted molar refractivity (Wildman–Crippen MR) is 65.1 cm³/mol. The maximum absolute atomic E-state index is 12.3. The van der Waals surface area contributed by atoms with Crippen LogP contribution in [0.15, 0.2) is 18.5 Å². The Morgan fingerprint density at radius 2 is 2.29 bits per heavy atom. The molecule has 4 heteroatoms. The molecule has 2 N–H and O–H groups in total. The molecule has 0 amide bonds. The number of rotatable bonds is 3. The molecule has 2 atom stereocenters. The molecule has 0 saturated heterocycles. The Bertz CT molecular complexity index is 406. The van der Waals surface area contributed by atoms with E-state index in [0.717, 1.165) is 25.7 Å². The van der Waals surface area contributed by atoms with Gasteiger partial charge >= 0.3 is 0 Å². The maximum Gasteiger partial charge on any atom is 0.167 e. The first kappa shape index (κ1) is 12.0. The van der Waals surface area contributed by atoms with Crippen LogP contribution < -0.4 is 10.5 Å². The van der Waals surface area contributed by atoms with Crippen LogP contribution in [0, 0.1) is 5.92 Å². The number of pyridine rings is 1. The van der Waals surface area contributed by atoms with Gasteiger partial charge in [0, 0.05) is 23.7 Å². The molecule has 1 aliphatic carbocycles. The van der Waals surface area contributed by atoms with E-state index in [1.165, 1.54) is 0 Å². The van der Waals surface area contributed by atoms with Crippen LogP contribution in [0.25, 0.3) is 0 Å². The molecule has 1 fully saturated rings. The Morgan fingerprint density at radius 1 is 1.47 bits per heavy atom. The van der Waals surface area contributed by atoms with E-state index >= 15 is 0 Å². The van der Waals surface area contributed by atoms with Crippen LogP contribution in [0.1, 0.15) is 36.0 Å². The molecule has 2 rings (SSSR count). The molecular formula is C13H18N2O2. The number of ketones is 1. The van der Waals surface area contributed by atoms with Gasteiger partial charge in [0.2, 0.25) is 0 Å². The number of hydrogen-bond acceptors (Lipinski definition) is 4. The molecule has 1 saturated carbocycles. The fourth-order valence-electron chi connectivity index (χ4n) is 2.37. The third kappa shape index (κ3) is 2.82. The lowest BCUT2D eigenvalue weighted by atomic mass is 9.82. The van der Waals surface area contributed by atoms with E-state index in [0.29, 0.717) is 11.3 Å². The predicted octanol–water partition coefficient (Wildman–Crippen LogP) is 1.79. The number of carbonyl (C=O) groups excluding carboxylic acids is 1. The lowest BCUT2D eigenvalue weighted by molar-refractivity contribution is 0.0881. The summed E-state index contributed by atoms with van der Waals surface area (Å²) in [6.07, 6.45) is 6.99. The van der Waals surface area contributed by atoms with Crippen molar-refractivity contribution in [3.63, 3.8) is 0 Å². The molecule has 4 nitrogen and oxygen atoms in total. The number of carbonyl (C=O) groups is 1. The number of aromatic nitrogens is 1. The van der Waals surface area contributed by atoms with Gasteiger partial charge in [-0.15, -0.1) is 0 Å². The number of ether oxygens (including phenoxy) is 1. The zero-order chi connectivity index (χ0) is 12.3. The second-order valence-corrected chi connectivity index (χ2v) is 4.60. The molecule has 0 bridgehead atoms. The first-order valence-electron chi connectivity index (χ1n) is 5.99. The Morgan fingerprint density at radius 3 is 3.00 bits per heavy atom. The van der Waals surface area contributed by atoms with Crippen LogP contribution in [0.5, 0.6) is 5.75 Å². The Kier molecular flexibility index (Phi) is 3.74. The van der Waals surface area contributed by atoms with Crippen molar-refractivity contribution in [3.05, 3.63) is 24.0 Å². The molecule has 0 spiro atoms. The van der Waals surface area contributed by atoms with Crippen molar-refractivity contribution < 1.29 is 9.53 Å². The van der Waals surface area contributed by atoms with E-state index in [-0.39, 0.29) is 17.7 Å². The molecule has 92 valence electrons. The highest BCUT2D eigenvalue weighted by Gasteiger charge is 2.26. The second kappa shape index (κ2) is 5.27. The van der Waals surface area contributed by atoms with Gasteiger partial charge in [0.25, 0.3) is 0 Å². The normalized spacial score (nSPS) is 24.4. The van der Waals surface area contributed by atoms with E-state index in [1.807, 2.05) is 0 Å². The van der Waals surface area contributed by atoms with Gasteiger partial charge in [-0.1, -0.05) is 6.42 Å². The zero-order valence-corrected chi connectivity index (χ0v) is 10.1. The molecular weight excluding hydrogens is 216 g/mol. The van der Waals surface area contributed by atoms with Crippen LogP contribution in [0.4, 0.5) is 0 Å². The van der Waals surface area contributed by atoms with Crippen molar-refractivity contribution in [3.8, 4) is 5.75 Å². The summed E-state index contributed by atoms with van der Waals surface area (Å²) in [5.74, 6) is 0.815. The van der Waals surface area contributed by atoms with Gasteiger partial charge in [-0.2, -0.15) is 0 Å². The highest BCUT2D eigenvalue weighted by atomic mass is 16.5. The minimum atomic E-state index is 0.0488. The SMILES string of the molecule is COc1cncc(C(=O)C2CCCC(N)C2)c1. The van der Waals surface area contributed by atoms with E-state index < -0.39 is 0 Å². The monoisotopic (exact) mass is 234 g/mol. The lowest BCUT2D eigenvalue weighted by Crippen LogP contribution is -2.31. The number of nitrogens with zero attached hydrogens (tertiary/aromatic N) is 1. The van der Waals surface area contributed by atoms with Crippen molar-refractivity contribution in [1.29, 1.82) is 0 Å². The van der Waals surface area contributed by atoms with E-state index in [1.54, 1.807) is 25.6 Å². The first-order valence-corrected chi connectivity index (χ1v) is 5.99. The summed E-state index contributed by atoms with van der Waals surface area (Å²) in [6.45, 7) is 0. The van der Waals surface area contributed by atoms with Crippen molar-refractivity contribution in [2.75, 3.05) is 7.11 Å². The summed E-state index contributed by atoms with van der Waals surface area (Å²) in [7, 11) is 1.57. The van der Waals surface area contributed by atoms with Crippen LogP contribution in [0.2, 0.25) is 0 Å². The van der Waals surface area contributed by atoms with Gasteiger partial charge in [0.05, 0.1) is 13.3 Å². The topological polar surface area (TPSA) is 65.2 Å². The highest BCUT2D eigenvalue weighted by Crippen LogP contribution is 2.27. The van der Waals surface area contributed by atoms with Gasteiger partial charge < -0.3 is 10.5 Å². The third-order valence-corrected chi connectivity index (χ3v) is 3.32. The summed E-state index contributed by atoms with van der Waals surface area (Å²) in [5, 5.41) is 0. The van der Waals surface area contributed by atoms with E-state index in [9.17, 15) is 4.79 Å². The number of methoxy groups -OCH3 is 1. The molecule has 1 aliphatic rings. The van der Waals surface area contributed by atoms with Gasteiger partial charge in [0.15, 0.2) is 5.78 Å². The summed E-state index contributed by atoms with van der Waals surface area (Å²) < 4.78 is 5.07. The number of nitrogens with two attached hydrogens (primary N) is 1. The molecule has 1 heterocycles. The summed E-state index contributed by atoms with van der Waals surface area (Å²) in [5.41, 5.74) is 6.53. The highest BCUT2D eigenvalue weighted by molar-refractivity contribution is 5.97. The summed E-state index contributed by atoms with van der Waals surface area (Å²) in [6, 6.07) is 1.91. The Balaban J connectivity index is 2.12. The third-order valence-electron chi connectivity index (χ3n) is 3.32. The van der Waals surface area contributed by atoms with Crippen LogP contribution in [-0.4, -0.2) is 23.9 Å². The molecule has 1 aromatic rings. The minimum absolute atomic E-state index is 0.0488. The Labute approximate surface area is 101 Å². The number of hydrogen-bond donors (Lipinski definition) is 1. The minimum Gasteiger partial charge on any atom is -0.495 e. The molecule has 1 aromatic heterocycles. The number of Topliss-reactive ketones (excluding diaryl/α,β-unsaturated/α-hetero) is 1. The summed E-state index contributed by atoms with van der Waals surface area (Å²) >= 11 is 0. The van der Waals surface area contributed by atoms with E-state index in [4.69, 9.17) is 10.5 Å². The average Bonchev–Trinajstić information content (AvgIpc) is 2.38. The van der Waals surface area contributed by atoms with Crippen LogP contribution >= 0.6 is 0 Å². The molecule has 2 unspecified atom stereocenters. The quantitative estimate of drug-likeness (QED) is 0.810. The smallest absolute Gasteiger partial charge is 0.167 e. The first-order chi connectivity index (χ1) is 8.20.